The number of nitrogens with two attached hydrogens (primary N) is 1. The Bertz CT molecular complexity index is 833. The van der Waals surface area contributed by atoms with Gasteiger partial charge in [0.1, 0.15) is 12.1 Å². The van der Waals surface area contributed by atoms with Crippen molar-refractivity contribution in [3.05, 3.63) is 54.4 Å². The van der Waals surface area contributed by atoms with Gasteiger partial charge in [0.25, 0.3) is 0 Å². The first-order chi connectivity index (χ1) is 10.2. The van der Waals surface area contributed by atoms with Crippen LogP contribution in [0, 0.1) is 11.3 Å². The van der Waals surface area contributed by atoms with Crippen LogP contribution in [0.15, 0.2) is 48.8 Å². The predicted molar refractivity (Wildman–Crippen MR) is 83.2 cm³/mol. The SMILES string of the molecule is CN(c1ccc(C#N)cc1)c1ncnc2cc(N)ccc12. The van der Waals surface area contributed by atoms with Crippen molar-refractivity contribution in [3.63, 3.8) is 0 Å². The molecule has 102 valence electrons. The number of hydrogen-bond donors (Lipinski definition) is 1. The number of fused-ring (bicyclic) bond motifs is 1. The lowest BCUT2D eigenvalue weighted by molar-refractivity contribution is 1.11. The van der Waals surface area contributed by atoms with E-state index >= 15 is 0 Å². The Morgan fingerprint density at radius 3 is 2.57 bits per heavy atom. The van der Waals surface area contributed by atoms with E-state index in [1.165, 1.54) is 6.33 Å². The van der Waals surface area contributed by atoms with E-state index in [0.29, 0.717) is 11.3 Å². The van der Waals surface area contributed by atoms with Gasteiger partial charge in [-0.05, 0) is 42.5 Å². The minimum absolute atomic E-state index is 0.632. The molecular weight excluding hydrogens is 262 g/mol. The van der Waals surface area contributed by atoms with Gasteiger partial charge >= 0.3 is 0 Å². The number of nitrogen functional groups attached to an aromatic ring is 1. The molecule has 0 saturated heterocycles. The Kier molecular flexibility index (Phi) is 3.13. The van der Waals surface area contributed by atoms with Gasteiger partial charge in [-0.25, -0.2) is 9.97 Å². The first kappa shape index (κ1) is 12.9. The predicted octanol–water partition coefficient (Wildman–Crippen LogP) is 2.85. The number of aromatic nitrogens is 2. The summed E-state index contributed by atoms with van der Waals surface area (Å²) >= 11 is 0. The van der Waals surface area contributed by atoms with Crippen LogP contribution in [0.1, 0.15) is 5.56 Å². The van der Waals surface area contributed by atoms with Gasteiger partial charge in [0.15, 0.2) is 0 Å². The van der Waals surface area contributed by atoms with Crippen LogP contribution in [0.3, 0.4) is 0 Å². The summed E-state index contributed by atoms with van der Waals surface area (Å²) in [5.74, 6) is 0.796. The molecule has 0 saturated carbocycles. The normalized spacial score (nSPS) is 10.3. The number of nitrogens with zero attached hydrogens (tertiary/aromatic N) is 4. The standard InChI is InChI=1S/C16H13N5/c1-21(13-5-2-11(9-17)3-6-13)16-14-7-4-12(18)8-15(14)19-10-20-16/h2-8,10H,18H2,1H3. The third kappa shape index (κ3) is 2.35. The second kappa shape index (κ2) is 5.10. The molecule has 0 aliphatic heterocycles. The minimum Gasteiger partial charge on any atom is -0.399 e. The molecule has 0 radical (unpaired) electrons. The maximum atomic E-state index is 8.86. The Balaban J connectivity index is 2.08. The van der Waals surface area contributed by atoms with Gasteiger partial charge in [-0.15, -0.1) is 0 Å². The van der Waals surface area contributed by atoms with E-state index in [9.17, 15) is 0 Å². The molecule has 2 N–H and O–H groups in total. The highest BCUT2D eigenvalue weighted by Crippen LogP contribution is 2.28. The van der Waals surface area contributed by atoms with Gasteiger partial charge in [-0.1, -0.05) is 0 Å². The molecule has 0 atom stereocenters. The van der Waals surface area contributed by atoms with Crippen molar-refractivity contribution in [2.75, 3.05) is 17.7 Å². The summed E-state index contributed by atoms with van der Waals surface area (Å²) in [6.07, 6.45) is 1.53. The van der Waals surface area contributed by atoms with Gasteiger partial charge in [0, 0.05) is 23.8 Å². The first-order valence-corrected chi connectivity index (χ1v) is 6.43. The molecule has 5 heteroatoms. The average molecular weight is 275 g/mol. The van der Waals surface area contributed by atoms with E-state index in [1.807, 2.05) is 42.3 Å². The van der Waals surface area contributed by atoms with Crippen LogP contribution in [0.4, 0.5) is 17.2 Å². The van der Waals surface area contributed by atoms with Crippen molar-refractivity contribution in [3.8, 4) is 6.07 Å². The molecule has 0 spiro atoms. The number of hydrogen-bond acceptors (Lipinski definition) is 5. The van der Waals surface area contributed by atoms with Crippen LogP contribution in [0.5, 0.6) is 0 Å². The summed E-state index contributed by atoms with van der Waals surface area (Å²) in [4.78, 5) is 10.6. The molecule has 1 aromatic heterocycles. The summed E-state index contributed by atoms with van der Waals surface area (Å²) in [6, 6.07) is 15.0. The van der Waals surface area contributed by atoms with Crippen molar-refractivity contribution < 1.29 is 0 Å². The van der Waals surface area contributed by atoms with E-state index in [4.69, 9.17) is 11.0 Å². The zero-order valence-corrected chi connectivity index (χ0v) is 11.5. The molecule has 3 aromatic rings. The zero-order chi connectivity index (χ0) is 14.8. The number of benzene rings is 2. The summed E-state index contributed by atoms with van der Waals surface area (Å²) in [5.41, 5.74) is 8.85. The highest BCUT2D eigenvalue weighted by Gasteiger charge is 2.10. The molecule has 0 aliphatic rings. The molecule has 0 amide bonds. The summed E-state index contributed by atoms with van der Waals surface area (Å²) < 4.78 is 0. The van der Waals surface area contributed by atoms with Gasteiger partial charge in [-0.3, -0.25) is 0 Å². The van der Waals surface area contributed by atoms with Gasteiger partial charge < -0.3 is 10.6 Å². The Hall–Kier alpha value is -3.13. The number of rotatable bonds is 2. The van der Waals surface area contributed by atoms with Gasteiger partial charge in [-0.2, -0.15) is 5.26 Å². The van der Waals surface area contributed by atoms with Crippen molar-refractivity contribution in [1.82, 2.24) is 9.97 Å². The summed E-state index contributed by atoms with van der Waals surface area (Å²) in [7, 11) is 1.93. The van der Waals surface area contributed by atoms with Crippen molar-refractivity contribution in [2.24, 2.45) is 0 Å². The third-order valence-corrected chi connectivity index (χ3v) is 3.34. The van der Waals surface area contributed by atoms with E-state index < -0.39 is 0 Å². The van der Waals surface area contributed by atoms with E-state index in [-0.39, 0.29) is 0 Å². The Morgan fingerprint density at radius 2 is 1.86 bits per heavy atom. The molecule has 0 aliphatic carbocycles. The monoisotopic (exact) mass is 275 g/mol. The molecule has 0 bridgehead atoms. The fourth-order valence-electron chi connectivity index (χ4n) is 2.21. The molecule has 0 unspecified atom stereocenters. The van der Waals surface area contributed by atoms with E-state index in [1.54, 1.807) is 12.1 Å². The van der Waals surface area contributed by atoms with Crippen LogP contribution in [-0.2, 0) is 0 Å². The molecule has 21 heavy (non-hydrogen) atoms. The second-order valence-electron chi connectivity index (χ2n) is 4.69. The molecule has 2 aromatic carbocycles. The van der Waals surface area contributed by atoms with Crippen LogP contribution >= 0.6 is 0 Å². The topological polar surface area (TPSA) is 78.8 Å². The lowest BCUT2D eigenvalue weighted by atomic mass is 10.2. The molecule has 3 rings (SSSR count). The maximum Gasteiger partial charge on any atom is 0.144 e. The molecule has 0 fully saturated rings. The van der Waals surface area contributed by atoms with E-state index in [0.717, 1.165) is 22.4 Å². The van der Waals surface area contributed by atoms with Gasteiger partial charge in [0.2, 0.25) is 0 Å². The van der Waals surface area contributed by atoms with Crippen molar-refractivity contribution in [1.29, 1.82) is 5.26 Å². The van der Waals surface area contributed by atoms with Crippen LogP contribution in [0.25, 0.3) is 10.9 Å². The summed E-state index contributed by atoms with van der Waals surface area (Å²) in [5, 5.41) is 9.78. The number of anilines is 3. The third-order valence-electron chi connectivity index (χ3n) is 3.34. The van der Waals surface area contributed by atoms with Crippen LogP contribution in [0.2, 0.25) is 0 Å². The average Bonchev–Trinajstić information content (AvgIpc) is 2.53. The Labute approximate surface area is 122 Å². The summed E-state index contributed by atoms with van der Waals surface area (Å²) in [6.45, 7) is 0. The fraction of sp³-hybridized carbons (Fsp3) is 0.0625. The molecular formula is C16H13N5. The van der Waals surface area contributed by atoms with Gasteiger partial charge in [0.05, 0.1) is 17.1 Å². The lowest BCUT2D eigenvalue weighted by Gasteiger charge is -2.19. The van der Waals surface area contributed by atoms with Crippen molar-refractivity contribution in [2.45, 2.75) is 0 Å². The van der Waals surface area contributed by atoms with Crippen LogP contribution < -0.4 is 10.6 Å². The maximum absolute atomic E-state index is 8.86. The molecule has 5 nitrogen and oxygen atoms in total. The second-order valence-corrected chi connectivity index (χ2v) is 4.69. The largest absolute Gasteiger partial charge is 0.399 e. The van der Waals surface area contributed by atoms with Crippen molar-refractivity contribution >= 4 is 28.1 Å². The smallest absolute Gasteiger partial charge is 0.144 e. The van der Waals surface area contributed by atoms with Crippen LogP contribution in [-0.4, -0.2) is 17.0 Å². The number of nitriles is 1. The minimum atomic E-state index is 0.632. The lowest BCUT2D eigenvalue weighted by Crippen LogP contribution is -2.12. The van der Waals surface area contributed by atoms with E-state index in [2.05, 4.69) is 16.0 Å². The highest BCUT2D eigenvalue weighted by molar-refractivity contribution is 5.92. The fourth-order valence-corrected chi connectivity index (χ4v) is 2.21. The highest BCUT2D eigenvalue weighted by atomic mass is 15.2. The molecule has 1 heterocycles. The first-order valence-electron chi connectivity index (χ1n) is 6.43. The zero-order valence-electron chi connectivity index (χ0n) is 11.5. The Morgan fingerprint density at radius 1 is 1.10 bits per heavy atom. The quantitative estimate of drug-likeness (QED) is 0.727.